The maximum absolute atomic E-state index is 12.2. The maximum atomic E-state index is 12.2. The smallest absolute Gasteiger partial charge is 0.334 e. The first-order valence-corrected chi connectivity index (χ1v) is 8.33. The molecule has 0 spiro atoms. The Kier molecular flexibility index (Phi) is 5.56. The monoisotopic (exact) mass is 345 g/mol. The van der Waals surface area contributed by atoms with Crippen LogP contribution in [0, 0.1) is 0 Å². The number of carbonyl (C=O) groups is 4. The highest BCUT2D eigenvalue weighted by Gasteiger charge is 2.46. The number of rotatable bonds is 6. The Morgan fingerprint density at radius 2 is 1.64 bits per heavy atom. The quantitative estimate of drug-likeness (QED) is 0.627. The van der Waals surface area contributed by atoms with Crippen molar-refractivity contribution in [3.63, 3.8) is 0 Å². The van der Waals surface area contributed by atoms with Gasteiger partial charge in [-0.1, -0.05) is 31.2 Å². The van der Waals surface area contributed by atoms with Crippen molar-refractivity contribution in [3.05, 3.63) is 35.4 Å². The van der Waals surface area contributed by atoms with Crippen LogP contribution in [0.15, 0.2) is 24.3 Å². The van der Waals surface area contributed by atoms with E-state index in [1.54, 1.807) is 13.8 Å². The summed E-state index contributed by atoms with van der Waals surface area (Å²) < 4.78 is 0. The molecule has 25 heavy (non-hydrogen) atoms. The Labute approximate surface area is 147 Å². The zero-order valence-electron chi connectivity index (χ0n) is 14.9. The van der Waals surface area contributed by atoms with Gasteiger partial charge in [0.2, 0.25) is 5.91 Å². The minimum atomic E-state index is -0.964. The number of carbonyl (C=O) groups excluding carboxylic acids is 4. The lowest BCUT2D eigenvalue weighted by Gasteiger charge is -2.19. The zero-order valence-corrected chi connectivity index (χ0v) is 14.9. The van der Waals surface area contributed by atoms with Gasteiger partial charge in [0.15, 0.2) is 0 Å². The molecule has 1 aliphatic heterocycles. The molecular weight excluding hydrogens is 322 g/mol. The Morgan fingerprint density at radius 3 is 2.12 bits per heavy atom. The van der Waals surface area contributed by atoms with Crippen LogP contribution in [0.2, 0.25) is 0 Å². The summed E-state index contributed by atoms with van der Waals surface area (Å²) in [4.78, 5) is 49.7. The summed E-state index contributed by atoms with van der Waals surface area (Å²) in [5.74, 6) is -2.35. The molecule has 0 unspecified atom stereocenters. The van der Waals surface area contributed by atoms with Gasteiger partial charge in [0.05, 0.1) is 6.04 Å². The van der Waals surface area contributed by atoms with E-state index in [0.29, 0.717) is 4.90 Å². The molecule has 1 atom stereocenters. The molecular formula is C18H23N3O4. The van der Waals surface area contributed by atoms with E-state index in [-0.39, 0.29) is 6.04 Å². The van der Waals surface area contributed by atoms with Gasteiger partial charge in [-0.15, -0.1) is 0 Å². The number of amides is 5. The van der Waals surface area contributed by atoms with E-state index in [9.17, 15) is 19.2 Å². The lowest BCUT2D eigenvalue weighted by molar-refractivity contribution is -0.144. The normalized spacial score (nSPS) is 16.0. The average molecular weight is 345 g/mol. The van der Waals surface area contributed by atoms with Crippen molar-refractivity contribution >= 4 is 23.8 Å². The Bertz CT molecular complexity index is 697. The van der Waals surface area contributed by atoms with Crippen LogP contribution in [-0.4, -0.2) is 46.1 Å². The van der Waals surface area contributed by atoms with Crippen molar-refractivity contribution in [2.45, 2.75) is 46.2 Å². The summed E-state index contributed by atoms with van der Waals surface area (Å²) in [5, 5.41) is 2.75. The van der Waals surface area contributed by atoms with Gasteiger partial charge in [0, 0.05) is 6.04 Å². The molecule has 0 radical (unpaired) electrons. The van der Waals surface area contributed by atoms with Crippen LogP contribution >= 0.6 is 0 Å². The van der Waals surface area contributed by atoms with Gasteiger partial charge in [0.25, 0.3) is 0 Å². The van der Waals surface area contributed by atoms with Crippen molar-refractivity contribution in [1.29, 1.82) is 0 Å². The van der Waals surface area contributed by atoms with E-state index in [1.165, 1.54) is 5.56 Å². The molecule has 1 aromatic carbocycles. The summed E-state index contributed by atoms with van der Waals surface area (Å²) in [5.41, 5.74) is 2.12. The van der Waals surface area contributed by atoms with Crippen molar-refractivity contribution in [1.82, 2.24) is 15.1 Å². The average Bonchev–Trinajstić information content (AvgIpc) is 2.78. The lowest BCUT2D eigenvalue weighted by atomic mass is 10.1. The topological polar surface area (TPSA) is 86.8 Å². The van der Waals surface area contributed by atoms with E-state index in [2.05, 4.69) is 12.2 Å². The van der Waals surface area contributed by atoms with E-state index in [4.69, 9.17) is 0 Å². The fraction of sp³-hybridized carbons (Fsp3) is 0.444. The molecule has 134 valence electrons. The summed E-state index contributed by atoms with van der Waals surface area (Å²) in [6.45, 7) is 6.68. The highest BCUT2D eigenvalue weighted by molar-refractivity contribution is 6.45. The molecule has 5 amide bonds. The Balaban J connectivity index is 2.00. The number of hydrogen-bond donors (Lipinski definition) is 1. The second-order valence-electron chi connectivity index (χ2n) is 6.33. The van der Waals surface area contributed by atoms with E-state index >= 15 is 0 Å². The Hall–Kier alpha value is -2.70. The van der Waals surface area contributed by atoms with Crippen LogP contribution in [0.5, 0.6) is 0 Å². The Morgan fingerprint density at radius 1 is 1.04 bits per heavy atom. The van der Waals surface area contributed by atoms with Gasteiger partial charge in [-0.25, -0.2) is 9.69 Å². The molecule has 1 aromatic rings. The summed E-state index contributed by atoms with van der Waals surface area (Å²) in [7, 11) is 0. The van der Waals surface area contributed by atoms with Gasteiger partial charge < -0.3 is 5.32 Å². The maximum Gasteiger partial charge on any atom is 0.334 e. The predicted octanol–water partition coefficient (Wildman–Crippen LogP) is 1.63. The molecule has 1 aliphatic rings. The first kappa shape index (κ1) is 18.6. The van der Waals surface area contributed by atoms with Crippen LogP contribution < -0.4 is 5.32 Å². The van der Waals surface area contributed by atoms with Gasteiger partial charge in [-0.3, -0.25) is 19.3 Å². The molecule has 0 saturated carbocycles. The van der Waals surface area contributed by atoms with Gasteiger partial charge in [-0.2, -0.15) is 0 Å². The van der Waals surface area contributed by atoms with E-state index in [1.807, 2.05) is 31.2 Å². The molecule has 0 bridgehead atoms. The third kappa shape index (κ3) is 3.87. The van der Waals surface area contributed by atoms with Gasteiger partial charge >= 0.3 is 17.8 Å². The molecule has 7 heteroatoms. The van der Waals surface area contributed by atoms with Crippen LogP contribution in [0.25, 0.3) is 0 Å². The second kappa shape index (κ2) is 7.46. The molecule has 0 aliphatic carbocycles. The predicted molar refractivity (Wildman–Crippen MR) is 91.5 cm³/mol. The second-order valence-corrected chi connectivity index (χ2v) is 6.33. The van der Waals surface area contributed by atoms with Crippen molar-refractivity contribution < 1.29 is 19.2 Å². The van der Waals surface area contributed by atoms with Crippen LogP contribution in [0.1, 0.15) is 44.9 Å². The first-order valence-electron chi connectivity index (χ1n) is 8.33. The van der Waals surface area contributed by atoms with Crippen molar-refractivity contribution in [2.24, 2.45) is 0 Å². The third-order valence-electron chi connectivity index (χ3n) is 4.17. The first-order chi connectivity index (χ1) is 11.8. The van der Waals surface area contributed by atoms with Crippen LogP contribution in [0.3, 0.4) is 0 Å². The molecule has 1 heterocycles. The van der Waals surface area contributed by atoms with Gasteiger partial charge in [0.1, 0.15) is 6.54 Å². The fourth-order valence-corrected chi connectivity index (χ4v) is 2.67. The summed E-state index contributed by atoms with van der Waals surface area (Å²) in [6.07, 6.45) is 0.931. The lowest BCUT2D eigenvalue weighted by Crippen LogP contribution is -2.43. The summed E-state index contributed by atoms with van der Waals surface area (Å²) >= 11 is 0. The molecule has 7 nitrogen and oxygen atoms in total. The minimum Gasteiger partial charge on any atom is -0.348 e. The number of benzene rings is 1. The zero-order chi connectivity index (χ0) is 18.7. The SMILES string of the molecule is CCc1ccc([C@@H](C)NC(=O)CN2C(=O)C(=O)N(C(C)C)C2=O)cc1. The van der Waals surface area contributed by atoms with E-state index < -0.39 is 36.3 Å². The number of nitrogens with one attached hydrogen (secondary N) is 1. The molecule has 2 rings (SSSR count). The number of imide groups is 2. The number of aryl methyl sites for hydroxylation is 1. The minimum absolute atomic E-state index is 0.275. The third-order valence-corrected chi connectivity index (χ3v) is 4.17. The standard InChI is InChI=1S/C18H23N3O4/c1-5-13-6-8-14(9-7-13)12(4)19-15(22)10-20-16(23)17(24)21(11(2)3)18(20)25/h6-9,11-12H,5,10H2,1-4H3,(H,19,22)/t12-/m1/s1. The molecule has 0 aromatic heterocycles. The van der Waals surface area contributed by atoms with E-state index in [0.717, 1.165) is 16.9 Å². The number of nitrogens with zero attached hydrogens (tertiary/aromatic N) is 2. The highest BCUT2D eigenvalue weighted by Crippen LogP contribution is 2.16. The van der Waals surface area contributed by atoms with Crippen molar-refractivity contribution in [3.8, 4) is 0 Å². The van der Waals surface area contributed by atoms with Crippen molar-refractivity contribution in [2.75, 3.05) is 6.54 Å². The molecule has 1 N–H and O–H groups in total. The number of urea groups is 1. The van der Waals surface area contributed by atoms with Gasteiger partial charge in [-0.05, 0) is 38.3 Å². The number of hydrogen-bond acceptors (Lipinski definition) is 4. The largest absolute Gasteiger partial charge is 0.348 e. The van der Waals surface area contributed by atoms with Crippen LogP contribution in [-0.2, 0) is 20.8 Å². The molecule has 1 saturated heterocycles. The summed E-state index contributed by atoms with van der Waals surface area (Å²) in [6, 6.07) is 6.38. The van der Waals surface area contributed by atoms with Crippen LogP contribution in [0.4, 0.5) is 4.79 Å². The fourth-order valence-electron chi connectivity index (χ4n) is 2.67. The highest BCUT2D eigenvalue weighted by atomic mass is 16.2. The molecule has 1 fully saturated rings.